The third-order valence-electron chi connectivity index (χ3n) is 5.58. The first-order valence-electron chi connectivity index (χ1n) is 10.0. The molecule has 1 unspecified atom stereocenters. The van der Waals surface area contributed by atoms with Gasteiger partial charge in [-0.3, -0.25) is 9.69 Å². The van der Waals surface area contributed by atoms with Gasteiger partial charge in [0.25, 0.3) is 0 Å². The smallest absolute Gasteiger partial charge is 0.390 e. The van der Waals surface area contributed by atoms with Crippen LogP contribution in [0.3, 0.4) is 0 Å². The molecule has 4 nitrogen and oxygen atoms in total. The van der Waals surface area contributed by atoms with Gasteiger partial charge in [0.2, 0.25) is 0 Å². The largest absolute Gasteiger partial charge is 0.416 e. The van der Waals surface area contributed by atoms with Crippen molar-refractivity contribution in [1.29, 1.82) is 0 Å². The average Bonchev–Trinajstić information content (AvgIpc) is 3.13. The molecule has 1 atom stereocenters. The number of anilines is 1. The fourth-order valence-electron chi connectivity index (χ4n) is 3.91. The van der Waals surface area contributed by atoms with E-state index < -0.39 is 11.7 Å². The molecule has 0 amide bonds. The summed E-state index contributed by atoms with van der Waals surface area (Å²) in [5, 5.41) is 6.17. The highest BCUT2D eigenvalue weighted by molar-refractivity contribution is 7.14. The van der Waals surface area contributed by atoms with Gasteiger partial charge in [-0.1, -0.05) is 23.7 Å². The SMILES string of the molecule is Nc1scc(CN2CCNCC2c2ccc(C(F)(F)F)cc2)c1C(=O)c1ccc(Cl)cc1. The van der Waals surface area contributed by atoms with Crippen molar-refractivity contribution in [3.63, 3.8) is 0 Å². The zero-order valence-corrected chi connectivity index (χ0v) is 18.5. The van der Waals surface area contributed by atoms with Crippen LogP contribution < -0.4 is 11.1 Å². The van der Waals surface area contributed by atoms with Gasteiger partial charge in [0.05, 0.1) is 16.1 Å². The van der Waals surface area contributed by atoms with Gasteiger partial charge >= 0.3 is 6.18 Å². The molecule has 2 aromatic carbocycles. The molecule has 0 bridgehead atoms. The van der Waals surface area contributed by atoms with Crippen molar-refractivity contribution in [3.8, 4) is 0 Å². The van der Waals surface area contributed by atoms with Crippen LogP contribution >= 0.6 is 22.9 Å². The first-order chi connectivity index (χ1) is 15.2. The number of piperazine rings is 1. The lowest BCUT2D eigenvalue weighted by molar-refractivity contribution is -0.137. The highest BCUT2D eigenvalue weighted by Crippen LogP contribution is 2.34. The quantitative estimate of drug-likeness (QED) is 0.482. The number of alkyl halides is 3. The Morgan fingerprint density at radius 1 is 1.16 bits per heavy atom. The zero-order valence-electron chi connectivity index (χ0n) is 17.0. The minimum absolute atomic E-state index is 0.120. The summed E-state index contributed by atoms with van der Waals surface area (Å²) in [7, 11) is 0. The van der Waals surface area contributed by atoms with E-state index in [9.17, 15) is 18.0 Å². The topological polar surface area (TPSA) is 58.4 Å². The maximum Gasteiger partial charge on any atom is 0.416 e. The number of nitrogens with one attached hydrogen (secondary N) is 1. The Kier molecular flexibility index (Phi) is 6.57. The minimum Gasteiger partial charge on any atom is -0.390 e. The first kappa shape index (κ1) is 22.8. The Morgan fingerprint density at radius 3 is 2.50 bits per heavy atom. The molecule has 1 aliphatic rings. The van der Waals surface area contributed by atoms with Crippen molar-refractivity contribution in [2.45, 2.75) is 18.8 Å². The molecule has 1 aromatic heterocycles. The van der Waals surface area contributed by atoms with Gasteiger partial charge in [0, 0.05) is 42.8 Å². The molecule has 1 fully saturated rings. The molecule has 4 rings (SSSR count). The highest BCUT2D eigenvalue weighted by atomic mass is 35.5. The molecule has 3 aromatic rings. The van der Waals surface area contributed by atoms with Gasteiger partial charge in [0.15, 0.2) is 5.78 Å². The van der Waals surface area contributed by atoms with Crippen molar-refractivity contribution in [2.75, 3.05) is 25.4 Å². The summed E-state index contributed by atoms with van der Waals surface area (Å²) < 4.78 is 38.8. The van der Waals surface area contributed by atoms with E-state index in [1.54, 1.807) is 24.3 Å². The van der Waals surface area contributed by atoms with Crippen LogP contribution in [0.2, 0.25) is 5.02 Å². The Hall–Kier alpha value is -2.39. The summed E-state index contributed by atoms with van der Waals surface area (Å²) in [4.78, 5) is 15.3. The molecule has 0 aliphatic carbocycles. The number of carbonyl (C=O) groups excluding carboxylic acids is 1. The van der Waals surface area contributed by atoms with E-state index >= 15 is 0 Å². The normalized spacial score (nSPS) is 17.4. The number of hydrogen-bond donors (Lipinski definition) is 2. The average molecular weight is 480 g/mol. The molecule has 9 heteroatoms. The van der Waals surface area contributed by atoms with E-state index in [4.69, 9.17) is 17.3 Å². The number of nitrogens with two attached hydrogens (primary N) is 1. The van der Waals surface area contributed by atoms with E-state index in [0.717, 1.165) is 29.8 Å². The third-order valence-corrected chi connectivity index (χ3v) is 6.69. The fourth-order valence-corrected chi connectivity index (χ4v) is 4.84. The van der Waals surface area contributed by atoms with Crippen LogP contribution in [-0.4, -0.2) is 30.3 Å². The van der Waals surface area contributed by atoms with E-state index in [1.165, 1.54) is 23.5 Å². The Morgan fingerprint density at radius 2 is 1.84 bits per heavy atom. The van der Waals surface area contributed by atoms with Crippen LogP contribution in [0.1, 0.15) is 38.7 Å². The molecule has 0 radical (unpaired) electrons. The molecule has 0 saturated carbocycles. The number of hydrogen-bond acceptors (Lipinski definition) is 5. The van der Waals surface area contributed by atoms with E-state index in [-0.39, 0.29) is 11.8 Å². The van der Waals surface area contributed by atoms with Crippen LogP contribution in [0.4, 0.5) is 18.2 Å². The number of nitrogen functional groups attached to an aromatic ring is 1. The number of nitrogens with zero attached hydrogens (tertiary/aromatic N) is 1. The first-order valence-corrected chi connectivity index (χ1v) is 11.3. The van der Waals surface area contributed by atoms with Gasteiger partial charge in [-0.2, -0.15) is 13.2 Å². The van der Waals surface area contributed by atoms with E-state index in [0.29, 0.717) is 40.8 Å². The highest BCUT2D eigenvalue weighted by Gasteiger charge is 2.31. The molecule has 168 valence electrons. The minimum atomic E-state index is -4.37. The summed E-state index contributed by atoms with van der Waals surface area (Å²) in [5.74, 6) is -0.170. The maximum absolute atomic E-state index is 13.1. The maximum atomic E-state index is 13.1. The molecular weight excluding hydrogens is 459 g/mol. The molecule has 1 aliphatic heterocycles. The summed E-state index contributed by atoms with van der Waals surface area (Å²) in [5.41, 5.74) is 8.06. The van der Waals surface area contributed by atoms with Gasteiger partial charge in [0.1, 0.15) is 0 Å². The van der Waals surface area contributed by atoms with Gasteiger partial charge < -0.3 is 11.1 Å². The Bertz CT molecular complexity index is 1100. The van der Waals surface area contributed by atoms with Crippen molar-refractivity contribution < 1.29 is 18.0 Å². The molecular formula is C23H21ClF3N3OS. The van der Waals surface area contributed by atoms with Gasteiger partial charge in [-0.25, -0.2) is 0 Å². The molecule has 0 spiro atoms. The zero-order chi connectivity index (χ0) is 22.9. The standard InChI is InChI=1S/C23H21ClF3N3OS/c24-18-7-3-15(4-8-18)21(31)20-16(13-32-22(20)28)12-30-10-9-29-11-19(30)14-1-5-17(6-2-14)23(25,26)27/h1-8,13,19,29H,9-12,28H2. The lowest BCUT2D eigenvalue weighted by Crippen LogP contribution is -2.45. The second-order valence-electron chi connectivity index (χ2n) is 7.65. The number of benzene rings is 2. The summed E-state index contributed by atoms with van der Waals surface area (Å²) >= 11 is 7.24. The number of carbonyl (C=O) groups is 1. The summed E-state index contributed by atoms with van der Waals surface area (Å²) in [6.07, 6.45) is -4.37. The Labute approximate surface area is 192 Å². The summed E-state index contributed by atoms with van der Waals surface area (Å²) in [6, 6.07) is 11.8. The molecule has 1 saturated heterocycles. The molecule has 32 heavy (non-hydrogen) atoms. The monoisotopic (exact) mass is 479 g/mol. The predicted octanol–water partition coefficient (Wildman–Crippen LogP) is 5.38. The lowest BCUT2D eigenvalue weighted by atomic mass is 9.98. The second-order valence-corrected chi connectivity index (χ2v) is 8.99. The van der Waals surface area contributed by atoms with Crippen LogP contribution in [-0.2, 0) is 12.7 Å². The van der Waals surface area contributed by atoms with Gasteiger partial charge in [-0.15, -0.1) is 11.3 Å². The van der Waals surface area contributed by atoms with E-state index in [2.05, 4.69) is 10.2 Å². The van der Waals surface area contributed by atoms with E-state index in [1.807, 2.05) is 5.38 Å². The number of halogens is 4. The number of rotatable bonds is 5. The van der Waals surface area contributed by atoms with Gasteiger partial charge in [-0.05, 0) is 52.9 Å². The lowest BCUT2D eigenvalue weighted by Gasteiger charge is -2.36. The van der Waals surface area contributed by atoms with Crippen LogP contribution in [0, 0.1) is 0 Å². The Balaban J connectivity index is 1.59. The predicted molar refractivity (Wildman–Crippen MR) is 121 cm³/mol. The van der Waals surface area contributed by atoms with Crippen molar-refractivity contribution in [1.82, 2.24) is 10.2 Å². The molecule has 2 heterocycles. The molecule has 3 N–H and O–H groups in total. The second kappa shape index (κ2) is 9.23. The summed E-state index contributed by atoms with van der Waals surface area (Å²) in [6.45, 7) is 2.51. The van der Waals surface area contributed by atoms with Crippen LogP contribution in [0.5, 0.6) is 0 Å². The number of ketones is 1. The van der Waals surface area contributed by atoms with Crippen molar-refractivity contribution in [3.05, 3.63) is 86.8 Å². The van der Waals surface area contributed by atoms with Crippen molar-refractivity contribution >= 4 is 33.7 Å². The third kappa shape index (κ3) is 4.83. The fraction of sp³-hybridized carbons (Fsp3) is 0.261. The van der Waals surface area contributed by atoms with Crippen LogP contribution in [0.25, 0.3) is 0 Å². The van der Waals surface area contributed by atoms with Crippen molar-refractivity contribution in [2.24, 2.45) is 0 Å². The van der Waals surface area contributed by atoms with Crippen LogP contribution in [0.15, 0.2) is 53.9 Å². The number of thiophene rings is 1.